The van der Waals surface area contributed by atoms with E-state index in [1.165, 1.54) is 31.9 Å². The Labute approximate surface area is 152 Å². The Balaban J connectivity index is 2.05. The zero-order chi connectivity index (χ0) is 17.3. The van der Waals surface area contributed by atoms with E-state index in [4.69, 9.17) is 4.12 Å². The highest BCUT2D eigenvalue weighted by atomic mass is 28.4. The van der Waals surface area contributed by atoms with Crippen LogP contribution < -0.4 is 10.4 Å². The van der Waals surface area contributed by atoms with Gasteiger partial charge < -0.3 is 4.12 Å². The summed E-state index contributed by atoms with van der Waals surface area (Å²) in [5.74, 6) is 0. The average molecular weight is 359 g/mol. The molecule has 0 radical (unpaired) electrons. The zero-order valence-corrected chi connectivity index (χ0v) is 17.1. The van der Waals surface area contributed by atoms with Gasteiger partial charge in [0.05, 0.1) is 0 Å². The van der Waals surface area contributed by atoms with E-state index in [0.717, 1.165) is 0 Å². The molecule has 0 aromatic heterocycles. The third-order valence-electron chi connectivity index (χ3n) is 5.04. The number of hydrogen-bond acceptors (Lipinski definition) is 1. The van der Waals surface area contributed by atoms with Crippen LogP contribution in [0, 0.1) is 0 Å². The van der Waals surface area contributed by atoms with E-state index in [0.29, 0.717) is 0 Å². The fourth-order valence-electron chi connectivity index (χ4n) is 3.87. The van der Waals surface area contributed by atoms with Crippen LogP contribution in [0.15, 0.2) is 84.9 Å². The molecular weight excluding hydrogens is 336 g/mol. The van der Waals surface area contributed by atoms with Gasteiger partial charge in [-0.25, -0.2) is 0 Å². The summed E-state index contributed by atoms with van der Waals surface area (Å²) in [6.07, 6.45) is 0. The zero-order valence-electron chi connectivity index (χ0n) is 14.7. The van der Waals surface area contributed by atoms with E-state index in [2.05, 4.69) is 98.0 Å². The maximum atomic E-state index is 6.70. The molecule has 4 aromatic rings. The van der Waals surface area contributed by atoms with Crippen LogP contribution in [0.4, 0.5) is 0 Å². The highest BCUT2D eigenvalue weighted by molar-refractivity contribution is 7.01. The van der Waals surface area contributed by atoms with E-state index in [1.807, 2.05) is 0 Å². The molecule has 0 saturated heterocycles. The van der Waals surface area contributed by atoms with E-state index >= 15 is 0 Å². The molecule has 0 fully saturated rings. The SMILES string of the molecule is C[SiH2]O[Si](C)(c1cccc2ccccc12)c1cccc2ccccc12. The molecule has 4 rings (SSSR count). The van der Waals surface area contributed by atoms with Crippen LogP contribution in [0.25, 0.3) is 21.5 Å². The van der Waals surface area contributed by atoms with Gasteiger partial charge in [0.25, 0.3) is 0 Å². The van der Waals surface area contributed by atoms with Crippen molar-refractivity contribution in [3.05, 3.63) is 84.9 Å². The number of benzene rings is 4. The number of rotatable bonds is 4. The van der Waals surface area contributed by atoms with Crippen molar-refractivity contribution < 1.29 is 4.12 Å². The lowest BCUT2D eigenvalue weighted by Crippen LogP contribution is -2.59. The Hall–Kier alpha value is -2.21. The number of fused-ring (bicyclic) bond motifs is 2. The van der Waals surface area contributed by atoms with Crippen LogP contribution in [-0.2, 0) is 4.12 Å². The summed E-state index contributed by atoms with van der Waals surface area (Å²) in [6.45, 7) is 4.61. The quantitative estimate of drug-likeness (QED) is 0.504. The van der Waals surface area contributed by atoms with Crippen molar-refractivity contribution in [3.8, 4) is 0 Å². The summed E-state index contributed by atoms with van der Waals surface area (Å²) in [4.78, 5) is 0. The minimum Gasteiger partial charge on any atom is -0.454 e. The molecule has 3 heteroatoms. The Morgan fingerprint density at radius 1 is 0.640 bits per heavy atom. The van der Waals surface area contributed by atoms with Crippen molar-refractivity contribution in [1.82, 2.24) is 0 Å². The Bertz CT molecular complexity index is 952. The molecule has 124 valence electrons. The minimum absolute atomic E-state index is 0.549. The standard InChI is InChI=1S/C22H22OSi2/c1-24-23-25(2,21-15-7-11-17-9-3-5-13-19(17)21)22-16-8-12-18-10-4-6-14-20(18)22/h3-16H,24H2,1-2H3. The van der Waals surface area contributed by atoms with Crippen molar-refractivity contribution in [3.63, 3.8) is 0 Å². The lowest BCUT2D eigenvalue weighted by molar-refractivity contribution is 0.619. The molecule has 0 aliphatic carbocycles. The van der Waals surface area contributed by atoms with Crippen LogP contribution in [0.1, 0.15) is 0 Å². The minimum atomic E-state index is -2.27. The molecule has 0 amide bonds. The van der Waals surface area contributed by atoms with Crippen molar-refractivity contribution in [2.45, 2.75) is 13.1 Å². The van der Waals surface area contributed by atoms with Gasteiger partial charge in [-0.15, -0.1) is 0 Å². The van der Waals surface area contributed by atoms with E-state index in [9.17, 15) is 0 Å². The molecule has 0 aliphatic rings. The Kier molecular flexibility index (Phi) is 4.29. The van der Waals surface area contributed by atoms with E-state index in [-0.39, 0.29) is 0 Å². The first-order valence-electron chi connectivity index (χ1n) is 8.84. The summed E-state index contributed by atoms with van der Waals surface area (Å²) in [5, 5.41) is 8.01. The fourth-order valence-corrected chi connectivity index (χ4v) is 10.0. The van der Waals surface area contributed by atoms with Gasteiger partial charge in [0.15, 0.2) is 0 Å². The predicted molar refractivity (Wildman–Crippen MR) is 114 cm³/mol. The highest BCUT2D eigenvalue weighted by Crippen LogP contribution is 2.20. The van der Waals surface area contributed by atoms with Crippen LogP contribution in [0.2, 0.25) is 13.1 Å². The maximum Gasteiger partial charge on any atom is 0.242 e. The molecule has 0 N–H and O–H groups in total. The van der Waals surface area contributed by atoms with Crippen LogP contribution in [0.5, 0.6) is 0 Å². The fraction of sp³-hybridized carbons (Fsp3) is 0.0909. The molecule has 0 aliphatic heterocycles. The third-order valence-corrected chi connectivity index (χ3v) is 11.4. The first-order chi connectivity index (χ1) is 12.2. The topological polar surface area (TPSA) is 9.23 Å². The summed E-state index contributed by atoms with van der Waals surface area (Å²) < 4.78 is 6.70. The molecule has 0 bridgehead atoms. The summed E-state index contributed by atoms with van der Waals surface area (Å²) >= 11 is 0. The first-order valence-corrected chi connectivity index (χ1v) is 13.2. The number of hydrogen-bond donors (Lipinski definition) is 0. The van der Waals surface area contributed by atoms with Crippen LogP contribution in [0.3, 0.4) is 0 Å². The maximum absolute atomic E-state index is 6.70. The summed E-state index contributed by atoms with van der Waals surface area (Å²) in [5.41, 5.74) is 0. The molecule has 0 spiro atoms. The van der Waals surface area contributed by atoms with Crippen molar-refractivity contribution in [2.75, 3.05) is 0 Å². The largest absolute Gasteiger partial charge is 0.454 e. The van der Waals surface area contributed by atoms with Gasteiger partial charge >= 0.3 is 0 Å². The predicted octanol–water partition coefficient (Wildman–Crippen LogP) is 3.83. The van der Waals surface area contributed by atoms with Gasteiger partial charge in [0, 0.05) is 0 Å². The molecule has 1 nitrogen and oxygen atoms in total. The molecule has 0 heterocycles. The second kappa shape index (κ2) is 6.60. The van der Waals surface area contributed by atoms with Crippen molar-refractivity contribution >= 4 is 50.0 Å². The smallest absolute Gasteiger partial charge is 0.242 e. The normalized spacial score (nSPS) is 12.4. The Morgan fingerprint density at radius 2 is 1.08 bits per heavy atom. The van der Waals surface area contributed by atoms with Gasteiger partial charge in [-0.05, 0) is 38.5 Å². The lowest BCUT2D eigenvalue weighted by atomic mass is 10.1. The van der Waals surface area contributed by atoms with Gasteiger partial charge in [-0.2, -0.15) is 0 Å². The average Bonchev–Trinajstić information content (AvgIpc) is 2.67. The second-order valence-electron chi connectivity index (χ2n) is 6.52. The highest BCUT2D eigenvalue weighted by Gasteiger charge is 2.35. The molecule has 0 atom stereocenters. The van der Waals surface area contributed by atoms with Crippen molar-refractivity contribution in [2.24, 2.45) is 0 Å². The molecule has 0 unspecified atom stereocenters. The third kappa shape index (κ3) is 2.74. The van der Waals surface area contributed by atoms with E-state index in [1.54, 1.807) is 0 Å². The van der Waals surface area contributed by atoms with Crippen LogP contribution >= 0.6 is 0 Å². The Morgan fingerprint density at radius 3 is 1.56 bits per heavy atom. The molecule has 25 heavy (non-hydrogen) atoms. The second-order valence-corrected chi connectivity index (χ2v) is 11.4. The monoisotopic (exact) mass is 358 g/mol. The van der Waals surface area contributed by atoms with Gasteiger partial charge in [-0.1, -0.05) is 91.5 Å². The van der Waals surface area contributed by atoms with Gasteiger partial charge in [0.2, 0.25) is 8.32 Å². The van der Waals surface area contributed by atoms with Crippen molar-refractivity contribution in [1.29, 1.82) is 0 Å². The van der Waals surface area contributed by atoms with Gasteiger partial charge in [0.1, 0.15) is 9.76 Å². The summed E-state index contributed by atoms with van der Waals surface area (Å²) in [7, 11) is -2.82. The molecular formula is C22H22OSi2. The lowest BCUT2D eigenvalue weighted by Gasteiger charge is -2.31. The summed E-state index contributed by atoms with van der Waals surface area (Å²) in [6, 6.07) is 30.6. The van der Waals surface area contributed by atoms with Crippen LogP contribution in [-0.4, -0.2) is 18.1 Å². The molecule has 4 aromatic carbocycles. The van der Waals surface area contributed by atoms with Gasteiger partial charge in [-0.3, -0.25) is 0 Å². The molecule has 0 saturated carbocycles. The van der Waals surface area contributed by atoms with E-state index < -0.39 is 18.1 Å². The first kappa shape index (κ1) is 16.3.